The molecule has 148 valence electrons. The Hall–Kier alpha value is -3.35. The van der Waals surface area contributed by atoms with Crippen molar-refractivity contribution in [3.63, 3.8) is 0 Å². The topological polar surface area (TPSA) is 73.0 Å². The number of anilines is 2. The maximum Gasteiger partial charge on any atom is 0.330 e. The van der Waals surface area contributed by atoms with Crippen LogP contribution in [0.3, 0.4) is 0 Å². The lowest BCUT2D eigenvalue weighted by atomic mass is 9.67. The van der Waals surface area contributed by atoms with E-state index in [9.17, 15) is 14.4 Å². The van der Waals surface area contributed by atoms with Crippen LogP contribution in [-0.4, -0.2) is 55.5 Å². The number of para-hydroxylation sites is 2. The Bertz CT molecular complexity index is 1010. The highest BCUT2D eigenvalue weighted by atomic mass is 16.2. The van der Waals surface area contributed by atoms with E-state index in [4.69, 9.17) is 0 Å². The fraction of sp³-hybridized carbons (Fsp3) is 0.318. The minimum atomic E-state index is -1.33. The van der Waals surface area contributed by atoms with E-state index < -0.39 is 23.3 Å². The number of amides is 4. The Kier molecular flexibility index (Phi) is 3.87. The average molecular weight is 390 g/mol. The van der Waals surface area contributed by atoms with Gasteiger partial charge in [-0.15, -0.1) is 0 Å². The number of nitrogens with one attached hydrogen (secondary N) is 1. The van der Waals surface area contributed by atoms with Gasteiger partial charge in [0.15, 0.2) is 5.41 Å². The monoisotopic (exact) mass is 390 g/mol. The third kappa shape index (κ3) is 2.46. The Morgan fingerprint density at radius 1 is 0.966 bits per heavy atom. The van der Waals surface area contributed by atoms with Crippen LogP contribution in [0.2, 0.25) is 0 Å². The van der Waals surface area contributed by atoms with Crippen molar-refractivity contribution < 1.29 is 14.4 Å². The summed E-state index contributed by atoms with van der Waals surface area (Å²) in [4.78, 5) is 44.2. The van der Waals surface area contributed by atoms with Crippen LogP contribution >= 0.6 is 0 Å². The van der Waals surface area contributed by atoms with Crippen molar-refractivity contribution in [2.45, 2.75) is 12.5 Å². The predicted molar refractivity (Wildman–Crippen MR) is 109 cm³/mol. The van der Waals surface area contributed by atoms with Crippen LogP contribution in [0.4, 0.5) is 16.2 Å². The third-order valence-electron chi connectivity index (χ3n) is 6.46. The summed E-state index contributed by atoms with van der Waals surface area (Å²) < 4.78 is 0. The van der Waals surface area contributed by atoms with E-state index in [2.05, 4.69) is 15.1 Å². The predicted octanol–water partition coefficient (Wildman–Crippen LogP) is 1.63. The Morgan fingerprint density at radius 3 is 2.48 bits per heavy atom. The first-order valence-electron chi connectivity index (χ1n) is 9.80. The van der Waals surface area contributed by atoms with Crippen molar-refractivity contribution in [1.29, 1.82) is 0 Å². The van der Waals surface area contributed by atoms with Gasteiger partial charge in [-0.1, -0.05) is 36.4 Å². The summed E-state index contributed by atoms with van der Waals surface area (Å²) >= 11 is 0. The Balaban J connectivity index is 1.63. The molecule has 0 unspecified atom stereocenters. The quantitative estimate of drug-likeness (QED) is 0.750. The number of piperazine rings is 1. The fourth-order valence-electron chi connectivity index (χ4n) is 4.96. The second-order valence-corrected chi connectivity index (χ2v) is 7.89. The number of rotatable bonds is 1. The van der Waals surface area contributed by atoms with Crippen molar-refractivity contribution >= 4 is 29.2 Å². The summed E-state index contributed by atoms with van der Waals surface area (Å²) in [5.41, 5.74) is 1.76. The normalized spacial score (nSPS) is 26.3. The molecule has 0 saturated carbocycles. The largest absolute Gasteiger partial charge is 0.368 e. The Labute approximate surface area is 168 Å². The smallest absolute Gasteiger partial charge is 0.330 e. The van der Waals surface area contributed by atoms with Gasteiger partial charge in [-0.2, -0.15) is 0 Å². The van der Waals surface area contributed by atoms with Crippen molar-refractivity contribution in [3.8, 4) is 0 Å². The summed E-state index contributed by atoms with van der Waals surface area (Å²) in [6.07, 6.45) is 0.287. The molecule has 29 heavy (non-hydrogen) atoms. The molecule has 2 aromatic rings. The van der Waals surface area contributed by atoms with E-state index >= 15 is 0 Å². The van der Waals surface area contributed by atoms with Gasteiger partial charge < -0.3 is 9.80 Å². The molecule has 1 N–H and O–H groups in total. The van der Waals surface area contributed by atoms with E-state index in [0.29, 0.717) is 13.1 Å². The lowest BCUT2D eigenvalue weighted by molar-refractivity contribution is -0.152. The molecule has 3 heterocycles. The highest BCUT2D eigenvalue weighted by Gasteiger charge is 2.62. The Morgan fingerprint density at radius 2 is 1.69 bits per heavy atom. The average Bonchev–Trinajstić information content (AvgIpc) is 2.76. The van der Waals surface area contributed by atoms with Gasteiger partial charge in [0.1, 0.15) is 0 Å². The molecule has 5 rings (SSSR count). The second-order valence-electron chi connectivity index (χ2n) is 7.89. The van der Waals surface area contributed by atoms with Crippen LogP contribution in [0.15, 0.2) is 54.6 Å². The molecule has 1 spiro atoms. The van der Waals surface area contributed by atoms with Crippen LogP contribution in [0.25, 0.3) is 0 Å². The van der Waals surface area contributed by atoms with Gasteiger partial charge in [0.2, 0.25) is 11.8 Å². The summed E-state index contributed by atoms with van der Waals surface area (Å²) in [7, 11) is 1.44. The van der Waals surface area contributed by atoms with Gasteiger partial charge in [-0.25, -0.2) is 4.79 Å². The summed E-state index contributed by atoms with van der Waals surface area (Å²) in [6.45, 7) is 2.01. The summed E-state index contributed by atoms with van der Waals surface area (Å²) in [5, 5.41) is 2.42. The lowest BCUT2D eigenvalue weighted by Crippen LogP contribution is -2.74. The van der Waals surface area contributed by atoms with E-state index in [1.807, 2.05) is 54.6 Å². The molecule has 2 aromatic carbocycles. The summed E-state index contributed by atoms with van der Waals surface area (Å²) in [5.74, 6) is -0.921. The third-order valence-corrected chi connectivity index (χ3v) is 6.46. The number of carbonyl (C=O) groups is 3. The first-order valence-corrected chi connectivity index (χ1v) is 9.80. The molecule has 0 aromatic heterocycles. The van der Waals surface area contributed by atoms with Gasteiger partial charge >= 0.3 is 6.03 Å². The SMILES string of the molecule is CN1C(=O)NC(=O)[C@]2(Cc3ccccc3N3CCN(c4ccccc4)C[C@@H]32)C1=O. The minimum absolute atomic E-state index is 0.287. The van der Waals surface area contributed by atoms with Crippen molar-refractivity contribution in [2.24, 2.45) is 5.41 Å². The van der Waals surface area contributed by atoms with Gasteiger partial charge in [-0.05, 0) is 30.2 Å². The highest BCUT2D eigenvalue weighted by molar-refractivity contribution is 6.20. The molecule has 0 radical (unpaired) electrons. The van der Waals surface area contributed by atoms with Crippen molar-refractivity contribution in [1.82, 2.24) is 10.2 Å². The molecule has 2 atom stereocenters. The number of fused-ring (bicyclic) bond motifs is 4. The maximum atomic E-state index is 13.4. The number of benzene rings is 2. The van der Waals surface area contributed by atoms with Crippen LogP contribution < -0.4 is 15.1 Å². The standard InChI is InChI=1S/C22H22N4O3/c1-24-20(28)22(19(27)23-21(24)29)13-15-7-5-6-10-17(15)26-12-11-25(14-18(22)26)16-8-3-2-4-9-16/h2-10,18H,11-14H2,1H3,(H,23,27,29)/t18-,22-/m1/s1. The van der Waals surface area contributed by atoms with Gasteiger partial charge in [-0.3, -0.25) is 19.8 Å². The number of imide groups is 2. The molecule has 3 aliphatic heterocycles. The van der Waals surface area contributed by atoms with E-state index in [1.165, 1.54) is 7.05 Å². The van der Waals surface area contributed by atoms with Crippen LogP contribution in [-0.2, 0) is 16.0 Å². The molecule has 7 heteroatoms. The number of carbonyl (C=O) groups excluding carboxylic acids is 3. The van der Waals surface area contributed by atoms with Crippen molar-refractivity contribution in [2.75, 3.05) is 36.5 Å². The van der Waals surface area contributed by atoms with Crippen LogP contribution in [0.1, 0.15) is 5.56 Å². The fourth-order valence-corrected chi connectivity index (χ4v) is 4.96. The van der Waals surface area contributed by atoms with Gasteiger partial charge in [0, 0.05) is 38.1 Å². The lowest BCUT2D eigenvalue weighted by Gasteiger charge is -2.55. The van der Waals surface area contributed by atoms with Gasteiger partial charge in [0.05, 0.1) is 6.04 Å². The molecule has 0 aliphatic carbocycles. The summed E-state index contributed by atoms with van der Waals surface area (Å²) in [6, 6.07) is 16.9. The molecule has 3 aliphatic rings. The zero-order valence-corrected chi connectivity index (χ0v) is 16.2. The number of nitrogens with zero attached hydrogens (tertiary/aromatic N) is 3. The molecular formula is C22H22N4O3. The zero-order chi connectivity index (χ0) is 20.2. The molecular weight excluding hydrogens is 368 g/mol. The molecule has 0 bridgehead atoms. The molecule has 4 amide bonds. The van der Waals surface area contributed by atoms with Gasteiger partial charge in [0.25, 0.3) is 0 Å². The zero-order valence-electron chi connectivity index (χ0n) is 16.2. The molecule has 7 nitrogen and oxygen atoms in total. The molecule has 2 fully saturated rings. The first-order chi connectivity index (χ1) is 14.0. The van der Waals surface area contributed by atoms with Crippen LogP contribution in [0, 0.1) is 5.41 Å². The number of hydrogen-bond donors (Lipinski definition) is 1. The van der Waals surface area contributed by atoms with E-state index in [1.54, 1.807) is 0 Å². The van der Waals surface area contributed by atoms with E-state index in [-0.39, 0.29) is 12.5 Å². The number of hydrogen-bond acceptors (Lipinski definition) is 5. The molecule has 2 saturated heterocycles. The second kappa shape index (κ2) is 6.34. The minimum Gasteiger partial charge on any atom is -0.368 e. The van der Waals surface area contributed by atoms with Crippen LogP contribution in [0.5, 0.6) is 0 Å². The number of urea groups is 1. The maximum absolute atomic E-state index is 13.4. The van der Waals surface area contributed by atoms with E-state index in [0.717, 1.165) is 28.4 Å². The highest BCUT2D eigenvalue weighted by Crippen LogP contribution is 2.45. The van der Waals surface area contributed by atoms with Crippen molar-refractivity contribution in [3.05, 3.63) is 60.2 Å². The number of barbiturate groups is 1. The first kappa shape index (κ1) is 17.7.